The van der Waals surface area contributed by atoms with Crippen LogP contribution in [0.3, 0.4) is 0 Å². The van der Waals surface area contributed by atoms with Gasteiger partial charge in [-0.2, -0.15) is 5.10 Å². The molecule has 2 N–H and O–H groups in total. The van der Waals surface area contributed by atoms with Crippen molar-refractivity contribution >= 4 is 40.8 Å². The Balaban J connectivity index is 1.58. The number of carbonyl (C=O) groups is 1. The Kier molecular flexibility index (Phi) is 6.99. The second kappa shape index (κ2) is 9.85. The SMILES string of the molecule is O=C(CNc1ccc(Cl)cc1)N/N=C\c1ccc(N2CCOCC2)c([N+](=O)[O-])c1. The molecular formula is C19H20ClN5O4. The maximum atomic E-state index is 11.9. The number of nitro benzene ring substituents is 1. The van der Waals surface area contributed by atoms with E-state index in [1.54, 1.807) is 36.4 Å². The molecule has 1 aliphatic heterocycles. The Morgan fingerprint density at radius 1 is 1.24 bits per heavy atom. The number of hydrazone groups is 1. The normalized spacial score (nSPS) is 14.0. The third-order valence-corrected chi connectivity index (χ3v) is 4.50. The van der Waals surface area contributed by atoms with Crippen LogP contribution in [0.1, 0.15) is 5.56 Å². The number of halogens is 1. The van der Waals surface area contributed by atoms with Crippen molar-refractivity contribution in [2.45, 2.75) is 0 Å². The first-order valence-corrected chi connectivity index (χ1v) is 9.33. The molecule has 1 saturated heterocycles. The lowest BCUT2D eigenvalue weighted by molar-refractivity contribution is -0.384. The first kappa shape index (κ1) is 20.6. The number of benzene rings is 2. The van der Waals surface area contributed by atoms with E-state index >= 15 is 0 Å². The molecule has 0 saturated carbocycles. The van der Waals surface area contributed by atoms with Gasteiger partial charge in [-0.25, -0.2) is 5.43 Å². The van der Waals surface area contributed by atoms with Gasteiger partial charge in [0.05, 0.1) is 30.9 Å². The molecule has 0 aliphatic carbocycles. The Bertz CT molecular complexity index is 898. The zero-order chi connectivity index (χ0) is 20.6. The number of anilines is 2. The summed E-state index contributed by atoms with van der Waals surface area (Å²) in [5.41, 5.74) is 4.19. The van der Waals surface area contributed by atoms with Crippen LogP contribution in [0.2, 0.25) is 5.02 Å². The van der Waals surface area contributed by atoms with Gasteiger partial charge < -0.3 is 15.0 Å². The van der Waals surface area contributed by atoms with E-state index in [1.807, 2.05) is 4.90 Å². The molecule has 0 radical (unpaired) electrons. The van der Waals surface area contributed by atoms with E-state index in [2.05, 4.69) is 15.8 Å². The smallest absolute Gasteiger partial charge is 0.293 e. The molecule has 1 fully saturated rings. The van der Waals surface area contributed by atoms with Gasteiger partial charge in [-0.3, -0.25) is 14.9 Å². The van der Waals surface area contributed by atoms with Gasteiger partial charge in [-0.15, -0.1) is 0 Å². The molecule has 0 atom stereocenters. The molecule has 2 aromatic carbocycles. The summed E-state index contributed by atoms with van der Waals surface area (Å²) in [5.74, 6) is -0.351. The van der Waals surface area contributed by atoms with Crippen molar-refractivity contribution in [1.29, 1.82) is 0 Å². The summed E-state index contributed by atoms with van der Waals surface area (Å²) in [4.78, 5) is 24.8. The topological polar surface area (TPSA) is 109 Å². The van der Waals surface area contributed by atoms with Crippen LogP contribution in [0.25, 0.3) is 0 Å². The fourth-order valence-electron chi connectivity index (χ4n) is 2.81. The first-order chi connectivity index (χ1) is 14.0. The summed E-state index contributed by atoms with van der Waals surface area (Å²) in [6.45, 7) is 2.30. The Hall–Kier alpha value is -3.17. The van der Waals surface area contributed by atoms with Gasteiger partial charge in [0.2, 0.25) is 0 Å². The van der Waals surface area contributed by atoms with Gasteiger partial charge >= 0.3 is 0 Å². The van der Waals surface area contributed by atoms with E-state index in [1.165, 1.54) is 12.3 Å². The second-order valence-corrected chi connectivity index (χ2v) is 6.69. The first-order valence-electron chi connectivity index (χ1n) is 8.95. The summed E-state index contributed by atoms with van der Waals surface area (Å²) < 4.78 is 5.29. The quantitative estimate of drug-likeness (QED) is 0.407. The van der Waals surface area contributed by atoms with Gasteiger partial charge in [0.25, 0.3) is 11.6 Å². The van der Waals surface area contributed by atoms with Gasteiger partial charge in [0.1, 0.15) is 5.69 Å². The molecular weight excluding hydrogens is 398 g/mol. The minimum absolute atomic E-state index is 0.00779. The standard InChI is InChI=1S/C19H20ClN5O4/c20-15-2-4-16(5-3-15)21-13-19(26)23-22-12-14-1-6-17(18(11-14)25(27)28)24-7-9-29-10-8-24/h1-6,11-12,21H,7-10,13H2,(H,23,26)/b22-12-. The van der Waals surface area contributed by atoms with E-state index < -0.39 is 4.92 Å². The predicted molar refractivity (Wildman–Crippen MR) is 112 cm³/mol. The molecule has 29 heavy (non-hydrogen) atoms. The van der Waals surface area contributed by atoms with Gasteiger partial charge in [0, 0.05) is 35.4 Å². The van der Waals surface area contributed by atoms with Crippen LogP contribution in [0.5, 0.6) is 0 Å². The number of rotatable bonds is 7. The molecule has 0 spiro atoms. The van der Waals surface area contributed by atoms with E-state index in [0.29, 0.717) is 42.6 Å². The maximum absolute atomic E-state index is 11.9. The molecule has 0 aromatic heterocycles. The van der Waals surface area contributed by atoms with Gasteiger partial charge in [0.15, 0.2) is 0 Å². The molecule has 1 aliphatic rings. The number of nitrogens with one attached hydrogen (secondary N) is 2. The highest BCUT2D eigenvalue weighted by Gasteiger charge is 2.21. The number of carbonyl (C=O) groups excluding carboxylic acids is 1. The molecule has 152 valence electrons. The number of ether oxygens (including phenoxy) is 1. The van der Waals surface area contributed by atoms with E-state index in [-0.39, 0.29) is 18.1 Å². The van der Waals surface area contributed by atoms with Crippen molar-refractivity contribution in [2.24, 2.45) is 5.10 Å². The average molecular weight is 418 g/mol. The highest BCUT2D eigenvalue weighted by atomic mass is 35.5. The minimum atomic E-state index is -0.420. The third-order valence-electron chi connectivity index (χ3n) is 4.25. The number of nitro groups is 1. The maximum Gasteiger partial charge on any atom is 0.293 e. The number of amides is 1. The monoisotopic (exact) mass is 417 g/mol. The summed E-state index contributed by atoms with van der Waals surface area (Å²) in [5, 5.41) is 18.9. The number of morpholine rings is 1. The molecule has 1 amide bonds. The fourth-order valence-corrected chi connectivity index (χ4v) is 2.93. The van der Waals surface area contributed by atoms with Crippen molar-refractivity contribution in [3.8, 4) is 0 Å². The molecule has 2 aromatic rings. The zero-order valence-corrected chi connectivity index (χ0v) is 16.3. The molecule has 0 unspecified atom stereocenters. The van der Waals surface area contributed by atoms with Crippen LogP contribution < -0.4 is 15.6 Å². The van der Waals surface area contributed by atoms with Crippen LogP contribution in [0.15, 0.2) is 47.6 Å². The highest BCUT2D eigenvalue weighted by Crippen LogP contribution is 2.29. The molecule has 0 bridgehead atoms. The Morgan fingerprint density at radius 3 is 2.66 bits per heavy atom. The lowest BCUT2D eigenvalue weighted by atomic mass is 10.1. The number of nitrogens with zero attached hydrogens (tertiary/aromatic N) is 3. The van der Waals surface area contributed by atoms with Crippen molar-refractivity contribution < 1.29 is 14.5 Å². The van der Waals surface area contributed by atoms with Crippen LogP contribution >= 0.6 is 11.6 Å². The molecule has 9 nitrogen and oxygen atoms in total. The Labute approximate surface area is 172 Å². The van der Waals surface area contributed by atoms with Gasteiger partial charge in [-0.1, -0.05) is 17.7 Å². The highest BCUT2D eigenvalue weighted by molar-refractivity contribution is 6.30. The number of hydrogen-bond acceptors (Lipinski definition) is 7. The lowest BCUT2D eigenvalue weighted by Gasteiger charge is -2.28. The van der Waals surface area contributed by atoms with Crippen LogP contribution in [-0.4, -0.2) is 49.9 Å². The summed E-state index contributed by atoms with van der Waals surface area (Å²) in [6, 6.07) is 11.8. The van der Waals surface area contributed by atoms with Crippen molar-refractivity contribution in [3.63, 3.8) is 0 Å². The zero-order valence-electron chi connectivity index (χ0n) is 15.5. The second-order valence-electron chi connectivity index (χ2n) is 6.26. The van der Waals surface area contributed by atoms with E-state index in [0.717, 1.165) is 5.69 Å². The van der Waals surface area contributed by atoms with E-state index in [9.17, 15) is 14.9 Å². The Morgan fingerprint density at radius 2 is 1.97 bits per heavy atom. The van der Waals surface area contributed by atoms with Gasteiger partial charge in [-0.05, 0) is 30.3 Å². The minimum Gasteiger partial charge on any atom is -0.378 e. The van der Waals surface area contributed by atoms with Crippen LogP contribution in [0.4, 0.5) is 17.1 Å². The van der Waals surface area contributed by atoms with E-state index in [4.69, 9.17) is 16.3 Å². The fraction of sp³-hybridized carbons (Fsp3) is 0.263. The van der Waals surface area contributed by atoms with Crippen LogP contribution in [0, 0.1) is 10.1 Å². The molecule has 1 heterocycles. The average Bonchev–Trinajstić information content (AvgIpc) is 2.74. The summed E-state index contributed by atoms with van der Waals surface area (Å²) in [7, 11) is 0. The van der Waals surface area contributed by atoms with Crippen molar-refractivity contribution in [1.82, 2.24) is 5.43 Å². The molecule has 3 rings (SSSR count). The van der Waals surface area contributed by atoms with Crippen molar-refractivity contribution in [3.05, 3.63) is 63.2 Å². The van der Waals surface area contributed by atoms with Crippen LogP contribution in [-0.2, 0) is 9.53 Å². The third kappa shape index (κ3) is 5.90. The van der Waals surface area contributed by atoms with Crippen molar-refractivity contribution in [2.75, 3.05) is 43.1 Å². The summed E-state index contributed by atoms with van der Waals surface area (Å²) >= 11 is 5.81. The predicted octanol–water partition coefficient (Wildman–Crippen LogP) is 2.65. The molecule has 10 heteroatoms. The largest absolute Gasteiger partial charge is 0.378 e. The summed E-state index contributed by atoms with van der Waals surface area (Å²) in [6.07, 6.45) is 1.37. The number of hydrogen-bond donors (Lipinski definition) is 2. The lowest BCUT2D eigenvalue weighted by Crippen LogP contribution is -2.36.